The Morgan fingerprint density at radius 3 is 2.83 bits per heavy atom. The van der Waals surface area contributed by atoms with Gasteiger partial charge in [0.2, 0.25) is 5.91 Å². The van der Waals surface area contributed by atoms with E-state index in [2.05, 4.69) is 17.1 Å². The Morgan fingerprint density at radius 2 is 2.22 bits per heavy atom. The zero-order valence-corrected chi connectivity index (χ0v) is 10.6. The first kappa shape index (κ1) is 13.3. The summed E-state index contributed by atoms with van der Waals surface area (Å²) < 4.78 is 5.56. The van der Waals surface area contributed by atoms with Crippen LogP contribution in [0.1, 0.15) is 13.3 Å². The number of amides is 1. The van der Waals surface area contributed by atoms with Gasteiger partial charge in [-0.3, -0.25) is 14.5 Å². The molecule has 102 valence electrons. The fraction of sp³-hybridized carbons (Fsp3) is 0.833. The number of carbonyl (C=O) groups excluding carboxylic acids is 1. The van der Waals surface area contributed by atoms with Crippen molar-refractivity contribution in [3.05, 3.63) is 0 Å². The molecule has 1 aliphatic heterocycles. The van der Waals surface area contributed by atoms with Crippen LogP contribution < -0.4 is 5.32 Å². The number of carboxylic acid groups (broad SMARTS) is 1. The third-order valence-electron chi connectivity index (χ3n) is 3.62. The third kappa shape index (κ3) is 3.20. The van der Waals surface area contributed by atoms with Gasteiger partial charge < -0.3 is 15.2 Å². The molecule has 2 fully saturated rings. The van der Waals surface area contributed by atoms with Crippen molar-refractivity contribution in [3.8, 4) is 0 Å². The predicted octanol–water partition coefficient (Wildman–Crippen LogP) is -0.456. The van der Waals surface area contributed by atoms with E-state index in [4.69, 9.17) is 9.84 Å². The first-order valence-electron chi connectivity index (χ1n) is 6.46. The van der Waals surface area contributed by atoms with Gasteiger partial charge >= 0.3 is 5.97 Å². The van der Waals surface area contributed by atoms with Gasteiger partial charge in [-0.25, -0.2) is 0 Å². The molecule has 0 bridgehead atoms. The molecule has 1 amide bonds. The lowest BCUT2D eigenvalue weighted by Gasteiger charge is -2.32. The van der Waals surface area contributed by atoms with Gasteiger partial charge in [0.1, 0.15) is 0 Å². The number of hydrogen-bond acceptors (Lipinski definition) is 4. The SMILES string of the molecule is CCN1CCOC(CNC(=O)C2CC2C(=O)O)C1. The smallest absolute Gasteiger partial charge is 0.307 e. The van der Waals surface area contributed by atoms with E-state index in [1.54, 1.807) is 0 Å². The average molecular weight is 256 g/mol. The van der Waals surface area contributed by atoms with Crippen molar-refractivity contribution < 1.29 is 19.4 Å². The second-order valence-electron chi connectivity index (χ2n) is 4.92. The number of morpholine rings is 1. The van der Waals surface area contributed by atoms with Crippen LogP contribution in [0.3, 0.4) is 0 Å². The standard InChI is InChI=1S/C12H20N2O4/c1-2-14-3-4-18-8(7-14)6-13-11(15)9-5-10(9)12(16)17/h8-10H,2-7H2,1H3,(H,13,15)(H,16,17). The van der Waals surface area contributed by atoms with Gasteiger partial charge in [-0.2, -0.15) is 0 Å². The highest BCUT2D eigenvalue weighted by Crippen LogP contribution is 2.38. The Morgan fingerprint density at radius 1 is 1.44 bits per heavy atom. The van der Waals surface area contributed by atoms with Crippen LogP contribution in [0.4, 0.5) is 0 Å². The molecule has 18 heavy (non-hydrogen) atoms. The van der Waals surface area contributed by atoms with E-state index in [-0.39, 0.29) is 17.9 Å². The summed E-state index contributed by atoms with van der Waals surface area (Å²) in [5.41, 5.74) is 0. The minimum absolute atomic E-state index is 0.0182. The molecule has 0 spiro atoms. The van der Waals surface area contributed by atoms with Gasteiger partial charge in [0.25, 0.3) is 0 Å². The molecule has 0 aromatic carbocycles. The summed E-state index contributed by atoms with van der Waals surface area (Å²) >= 11 is 0. The van der Waals surface area contributed by atoms with Crippen molar-refractivity contribution >= 4 is 11.9 Å². The second kappa shape index (κ2) is 5.67. The maximum Gasteiger partial charge on any atom is 0.307 e. The number of hydrogen-bond donors (Lipinski definition) is 2. The summed E-state index contributed by atoms with van der Waals surface area (Å²) in [7, 11) is 0. The lowest BCUT2D eigenvalue weighted by atomic mass is 10.2. The Hall–Kier alpha value is -1.14. The summed E-state index contributed by atoms with van der Waals surface area (Å²) in [6.07, 6.45) is 0.484. The largest absolute Gasteiger partial charge is 0.481 e. The minimum atomic E-state index is -0.874. The number of rotatable bonds is 5. The Labute approximate surface area is 106 Å². The third-order valence-corrected chi connectivity index (χ3v) is 3.62. The number of nitrogens with zero attached hydrogens (tertiary/aromatic N) is 1. The van der Waals surface area contributed by atoms with Crippen molar-refractivity contribution in [1.29, 1.82) is 0 Å². The van der Waals surface area contributed by atoms with Crippen molar-refractivity contribution in [2.75, 3.05) is 32.8 Å². The number of nitrogens with one attached hydrogen (secondary N) is 1. The van der Waals surface area contributed by atoms with Crippen molar-refractivity contribution in [2.45, 2.75) is 19.4 Å². The van der Waals surface area contributed by atoms with Crippen LogP contribution in [0, 0.1) is 11.8 Å². The van der Waals surface area contributed by atoms with E-state index in [0.717, 1.165) is 19.6 Å². The number of carboxylic acids is 1. The van der Waals surface area contributed by atoms with Crippen LogP contribution in [0.25, 0.3) is 0 Å². The zero-order chi connectivity index (χ0) is 13.1. The molecular weight excluding hydrogens is 236 g/mol. The monoisotopic (exact) mass is 256 g/mol. The van der Waals surface area contributed by atoms with Crippen LogP contribution in [0.15, 0.2) is 0 Å². The Balaban J connectivity index is 1.69. The van der Waals surface area contributed by atoms with Crippen LogP contribution in [0.5, 0.6) is 0 Å². The fourth-order valence-electron chi connectivity index (χ4n) is 2.29. The van der Waals surface area contributed by atoms with Gasteiger partial charge in [0.05, 0.1) is 24.5 Å². The minimum Gasteiger partial charge on any atom is -0.481 e. The molecule has 6 heteroatoms. The Bertz CT molecular complexity index is 334. The number of carbonyl (C=O) groups is 2. The molecule has 1 saturated heterocycles. The average Bonchev–Trinajstić information content (AvgIpc) is 3.16. The summed E-state index contributed by atoms with van der Waals surface area (Å²) in [5, 5.41) is 11.5. The molecule has 3 atom stereocenters. The molecule has 0 radical (unpaired) electrons. The van der Waals surface area contributed by atoms with Crippen LogP contribution in [-0.4, -0.2) is 60.8 Å². The second-order valence-corrected chi connectivity index (χ2v) is 4.92. The summed E-state index contributed by atoms with van der Waals surface area (Å²) in [4.78, 5) is 24.6. The number of aliphatic carboxylic acids is 1. The number of ether oxygens (including phenoxy) is 1. The van der Waals surface area contributed by atoms with Crippen LogP contribution in [0.2, 0.25) is 0 Å². The van der Waals surface area contributed by atoms with E-state index < -0.39 is 11.9 Å². The van der Waals surface area contributed by atoms with Crippen LogP contribution in [-0.2, 0) is 14.3 Å². The van der Waals surface area contributed by atoms with Gasteiger partial charge in [-0.05, 0) is 13.0 Å². The maximum absolute atomic E-state index is 11.7. The topological polar surface area (TPSA) is 78.9 Å². The fourth-order valence-corrected chi connectivity index (χ4v) is 2.29. The molecule has 2 aliphatic rings. The zero-order valence-electron chi connectivity index (χ0n) is 10.6. The Kier molecular flexibility index (Phi) is 4.19. The van der Waals surface area contributed by atoms with Crippen LogP contribution >= 0.6 is 0 Å². The highest BCUT2D eigenvalue weighted by Gasteiger charge is 2.48. The normalized spacial score (nSPS) is 31.9. The van der Waals surface area contributed by atoms with Gasteiger partial charge in [0.15, 0.2) is 0 Å². The van der Waals surface area contributed by atoms with E-state index >= 15 is 0 Å². The first-order valence-corrected chi connectivity index (χ1v) is 6.46. The lowest BCUT2D eigenvalue weighted by molar-refractivity contribution is -0.140. The van der Waals surface area contributed by atoms with Gasteiger partial charge in [0, 0.05) is 19.6 Å². The highest BCUT2D eigenvalue weighted by atomic mass is 16.5. The molecule has 3 unspecified atom stereocenters. The quantitative estimate of drug-likeness (QED) is 0.696. The van der Waals surface area contributed by atoms with Gasteiger partial charge in [-0.1, -0.05) is 6.92 Å². The molecular formula is C12H20N2O4. The van der Waals surface area contributed by atoms with Crippen molar-refractivity contribution in [1.82, 2.24) is 10.2 Å². The molecule has 0 aromatic rings. The summed E-state index contributed by atoms with van der Waals surface area (Å²) in [5.74, 6) is -1.85. The predicted molar refractivity (Wildman–Crippen MR) is 64.1 cm³/mol. The lowest BCUT2D eigenvalue weighted by Crippen LogP contribution is -2.47. The molecule has 6 nitrogen and oxygen atoms in total. The molecule has 1 saturated carbocycles. The van der Waals surface area contributed by atoms with E-state index in [1.165, 1.54) is 0 Å². The molecule has 2 N–H and O–H groups in total. The summed E-state index contributed by atoms with van der Waals surface area (Å²) in [6, 6.07) is 0. The first-order chi connectivity index (χ1) is 8.61. The van der Waals surface area contributed by atoms with Gasteiger partial charge in [-0.15, -0.1) is 0 Å². The molecule has 1 aliphatic carbocycles. The molecule has 2 rings (SSSR count). The summed E-state index contributed by atoms with van der Waals surface area (Å²) in [6.45, 7) is 6.00. The van der Waals surface area contributed by atoms with Crippen molar-refractivity contribution in [3.63, 3.8) is 0 Å². The van der Waals surface area contributed by atoms with Crippen molar-refractivity contribution in [2.24, 2.45) is 11.8 Å². The van der Waals surface area contributed by atoms with E-state index in [9.17, 15) is 9.59 Å². The van der Waals surface area contributed by atoms with E-state index in [1.807, 2.05) is 0 Å². The highest BCUT2D eigenvalue weighted by molar-refractivity contribution is 5.89. The maximum atomic E-state index is 11.7. The number of likely N-dealkylation sites (N-methyl/N-ethyl adjacent to an activating group) is 1. The molecule has 0 aromatic heterocycles. The molecule has 1 heterocycles. The van der Waals surface area contributed by atoms with E-state index in [0.29, 0.717) is 19.6 Å².